The second-order valence-corrected chi connectivity index (χ2v) is 9.19. The molecule has 0 radical (unpaired) electrons. The lowest BCUT2D eigenvalue weighted by Crippen LogP contribution is -2.34. The van der Waals surface area contributed by atoms with E-state index >= 15 is 0 Å². The molecule has 4 aromatic rings. The number of aliphatic carboxylic acids is 1. The number of H-pyrrole nitrogens is 1. The third kappa shape index (κ3) is 4.25. The molecule has 178 valence electrons. The molecule has 2 aromatic heterocycles. The molecule has 1 unspecified atom stereocenters. The van der Waals surface area contributed by atoms with Gasteiger partial charge in [-0.25, -0.2) is 4.98 Å². The van der Waals surface area contributed by atoms with Crippen molar-refractivity contribution in [3.63, 3.8) is 0 Å². The van der Waals surface area contributed by atoms with Crippen LogP contribution in [0.4, 0.5) is 0 Å². The van der Waals surface area contributed by atoms with Gasteiger partial charge in [-0.1, -0.05) is 66.2 Å². The van der Waals surface area contributed by atoms with E-state index in [1.807, 2.05) is 42.5 Å². The molecule has 4 heterocycles. The van der Waals surface area contributed by atoms with E-state index in [4.69, 9.17) is 30.9 Å². The van der Waals surface area contributed by atoms with Crippen molar-refractivity contribution < 1.29 is 24.1 Å². The van der Waals surface area contributed by atoms with E-state index < -0.39 is 5.97 Å². The van der Waals surface area contributed by atoms with Crippen molar-refractivity contribution in [3.8, 4) is 28.4 Å². The van der Waals surface area contributed by atoms with Crippen LogP contribution in [0.2, 0.25) is 5.02 Å². The Bertz CT molecular complexity index is 1380. The fraction of sp³-hybridized carbons (Fsp3) is 0.269. The van der Waals surface area contributed by atoms with Gasteiger partial charge in [-0.2, -0.15) is 4.98 Å². The molecule has 0 spiro atoms. The van der Waals surface area contributed by atoms with Gasteiger partial charge in [0.25, 0.3) is 6.01 Å². The number of nitrogens with zero attached hydrogens (tertiary/aromatic N) is 2. The topological polar surface area (TPSA) is 107 Å². The van der Waals surface area contributed by atoms with Gasteiger partial charge in [0.1, 0.15) is 6.10 Å². The lowest BCUT2D eigenvalue weighted by Gasteiger charge is -2.16. The molecule has 2 fully saturated rings. The first-order valence-corrected chi connectivity index (χ1v) is 11.8. The van der Waals surface area contributed by atoms with Gasteiger partial charge in [0, 0.05) is 11.5 Å². The van der Waals surface area contributed by atoms with Gasteiger partial charge in [-0.3, -0.25) is 4.79 Å². The first-order valence-electron chi connectivity index (χ1n) is 11.4. The third-order valence-electron chi connectivity index (χ3n) is 6.48. The number of imidazole rings is 1. The summed E-state index contributed by atoms with van der Waals surface area (Å²) in [6.07, 6.45) is -1.00. The molecular formula is C26H22ClN3O5. The predicted molar refractivity (Wildman–Crippen MR) is 129 cm³/mol. The van der Waals surface area contributed by atoms with Gasteiger partial charge in [0.05, 0.1) is 42.0 Å². The van der Waals surface area contributed by atoms with Crippen LogP contribution in [-0.4, -0.2) is 57.6 Å². The molecule has 4 atom stereocenters. The fourth-order valence-electron chi connectivity index (χ4n) is 4.79. The second-order valence-electron chi connectivity index (χ2n) is 8.79. The number of hydrogen-bond acceptors (Lipinski definition) is 6. The van der Waals surface area contributed by atoms with Gasteiger partial charge in [0.15, 0.2) is 11.8 Å². The number of aromatic amines is 1. The van der Waals surface area contributed by atoms with E-state index in [1.54, 1.807) is 6.07 Å². The predicted octanol–water partition coefficient (Wildman–Crippen LogP) is 4.58. The van der Waals surface area contributed by atoms with Gasteiger partial charge >= 0.3 is 5.97 Å². The van der Waals surface area contributed by atoms with Crippen LogP contribution >= 0.6 is 11.6 Å². The van der Waals surface area contributed by atoms with Crippen molar-refractivity contribution in [2.45, 2.75) is 24.7 Å². The number of ether oxygens (including phenoxy) is 3. The van der Waals surface area contributed by atoms with Crippen LogP contribution in [0.3, 0.4) is 0 Å². The fourth-order valence-corrected chi connectivity index (χ4v) is 5.05. The van der Waals surface area contributed by atoms with E-state index in [1.165, 1.54) is 0 Å². The summed E-state index contributed by atoms with van der Waals surface area (Å²) >= 11 is 6.57. The van der Waals surface area contributed by atoms with Crippen LogP contribution < -0.4 is 4.74 Å². The van der Waals surface area contributed by atoms with Crippen LogP contribution in [0.15, 0.2) is 60.7 Å². The molecule has 8 nitrogen and oxygen atoms in total. The Labute approximate surface area is 205 Å². The summed E-state index contributed by atoms with van der Waals surface area (Å²) in [6.45, 7) is 0.640. The van der Waals surface area contributed by atoms with Gasteiger partial charge in [-0.15, -0.1) is 0 Å². The monoisotopic (exact) mass is 491 g/mol. The number of nitrogens with one attached hydrogen (secondary N) is 1. The maximum Gasteiger partial charge on any atom is 0.303 e. The number of hydrogen-bond donors (Lipinski definition) is 2. The molecule has 2 N–H and O–H groups in total. The first kappa shape index (κ1) is 22.0. The third-order valence-corrected chi connectivity index (χ3v) is 6.77. The number of rotatable bonds is 6. The van der Waals surface area contributed by atoms with E-state index in [-0.39, 0.29) is 30.7 Å². The van der Waals surface area contributed by atoms with Crippen molar-refractivity contribution in [1.82, 2.24) is 15.0 Å². The number of benzene rings is 2. The van der Waals surface area contributed by atoms with Crippen molar-refractivity contribution in [1.29, 1.82) is 0 Å². The zero-order valence-corrected chi connectivity index (χ0v) is 19.3. The van der Waals surface area contributed by atoms with Crippen LogP contribution in [0, 0.1) is 5.92 Å². The molecule has 35 heavy (non-hydrogen) atoms. The molecule has 0 saturated carbocycles. The minimum absolute atomic E-state index is 0.00997. The summed E-state index contributed by atoms with van der Waals surface area (Å²) < 4.78 is 17.6. The Morgan fingerprint density at radius 2 is 1.71 bits per heavy atom. The van der Waals surface area contributed by atoms with Crippen LogP contribution in [0.25, 0.3) is 33.5 Å². The highest BCUT2D eigenvalue weighted by atomic mass is 35.5. The summed E-state index contributed by atoms with van der Waals surface area (Å²) in [4.78, 5) is 23.4. The van der Waals surface area contributed by atoms with Gasteiger partial charge < -0.3 is 24.3 Å². The van der Waals surface area contributed by atoms with Gasteiger partial charge in [0.2, 0.25) is 0 Å². The number of fused-ring (bicyclic) bond motifs is 2. The van der Waals surface area contributed by atoms with Crippen molar-refractivity contribution in [2.24, 2.45) is 5.92 Å². The Morgan fingerprint density at radius 3 is 2.49 bits per heavy atom. The van der Waals surface area contributed by atoms with Crippen molar-refractivity contribution in [3.05, 3.63) is 65.7 Å². The molecule has 2 saturated heterocycles. The molecule has 0 aliphatic carbocycles. The van der Waals surface area contributed by atoms with Crippen LogP contribution in [0.1, 0.15) is 6.42 Å². The smallest absolute Gasteiger partial charge is 0.303 e. The average Bonchev–Trinajstić information content (AvgIpc) is 3.55. The number of halogens is 1. The quantitative estimate of drug-likeness (QED) is 0.406. The summed E-state index contributed by atoms with van der Waals surface area (Å²) in [6, 6.07) is 20.3. The number of pyridine rings is 1. The minimum Gasteiger partial charge on any atom is -0.481 e. The first-order chi connectivity index (χ1) is 17.0. The van der Waals surface area contributed by atoms with E-state index in [9.17, 15) is 4.79 Å². The average molecular weight is 492 g/mol. The van der Waals surface area contributed by atoms with Crippen LogP contribution in [0.5, 0.6) is 6.01 Å². The molecule has 0 amide bonds. The maximum atomic E-state index is 11.1. The van der Waals surface area contributed by atoms with Crippen molar-refractivity contribution in [2.75, 3.05) is 13.2 Å². The Morgan fingerprint density at radius 1 is 1.00 bits per heavy atom. The minimum atomic E-state index is -0.863. The number of carboxylic acids is 1. The molecule has 9 heteroatoms. The molecule has 2 aliphatic heterocycles. The second kappa shape index (κ2) is 8.96. The number of aromatic nitrogens is 3. The molecule has 2 aliphatic rings. The van der Waals surface area contributed by atoms with E-state index in [2.05, 4.69) is 27.1 Å². The summed E-state index contributed by atoms with van der Waals surface area (Å²) in [5.41, 5.74) is 4.91. The summed E-state index contributed by atoms with van der Waals surface area (Å²) in [7, 11) is 0. The molecule has 6 rings (SSSR count). The largest absolute Gasteiger partial charge is 0.481 e. The highest BCUT2D eigenvalue weighted by molar-refractivity contribution is 6.33. The molecular weight excluding hydrogens is 470 g/mol. The van der Waals surface area contributed by atoms with Crippen LogP contribution in [-0.2, 0) is 14.3 Å². The highest BCUT2D eigenvalue weighted by Gasteiger charge is 2.49. The van der Waals surface area contributed by atoms with Gasteiger partial charge in [-0.05, 0) is 17.2 Å². The number of carbonyl (C=O) groups is 1. The zero-order chi connectivity index (χ0) is 23.9. The molecule has 0 bridgehead atoms. The Kier molecular flexibility index (Phi) is 5.64. The van der Waals surface area contributed by atoms with E-state index in [0.29, 0.717) is 41.1 Å². The lowest BCUT2D eigenvalue weighted by atomic mass is 9.98. The Hall–Kier alpha value is -3.46. The maximum absolute atomic E-state index is 11.1. The summed E-state index contributed by atoms with van der Waals surface area (Å²) in [5.74, 6) is -1.05. The highest BCUT2D eigenvalue weighted by Crippen LogP contribution is 2.35. The SMILES string of the molecule is O=C(O)C[C@@H]1COC2[C@H](Oc3nc4nc(-c5ccc(-c6ccccc6)cc5)c(Cl)cc4[nH]3)CO[C@@H]21. The lowest BCUT2D eigenvalue weighted by molar-refractivity contribution is -0.138. The van der Waals surface area contributed by atoms with Crippen molar-refractivity contribution >= 4 is 28.7 Å². The normalized spacial score (nSPS) is 23.5. The Balaban J connectivity index is 1.21. The number of carboxylic acid groups (broad SMARTS) is 1. The summed E-state index contributed by atoms with van der Waals surface area (Å²) in [5, 5.41) is 9.59. The zero-order valence-electron chi connectivity index (χ0n) is 18.6. The molecule has 2 aromatic carbocycles. The standard InChI is InChI=1S/C26H22ClN3O5/c27-18-11-19-25(29-22(18)16-8-6-15(7-9-16)14-4-2-1-3-5-14)30-26(28-19)35-20-13-34-23-17(10-21(31)32)12-33-24(20)23/h1-9,11,17,20,23-24H,10,12-13H2,(H,31,32)(H,28,29,30)/t17-,20-,23-,24?/m1/s1. The van der Waals surface area contributed by atoms with E-state index in [0.717, 1.165) is 16.7 Å².